The van der Waals surface area contributed by atoms with Crippen molar-refractivity contribution in [3.63, 3.8) is 0 Å². The predicted octanol–water partition coefficient (Wildman–Crippen LogP) is 3.99. The van der Waals surface area contributed by atoms with Gasteiger partial charge in [-0.1, -0.05) is 6.07 Å². The van der Waals surface area contributed by atoms with Crippen LogP contribution in [0.1, 0.15) is 45.9 Å². The number of anilines is 2. The molecule has 0 bridgehead atoms. The number of rotatable bonds is 7. The van der Waals surface area contributed by atoms with Gasteiger partial charge in [0.2, 0.25) is 17.8 Å². The van der Waals surface area contributed by atoms with Crippen molar-refractivity contribution >= 4 is 29.0 Å². The molecule has 0 spiro atoms. The lowest BCUT2D eigenvalue weighted by Gasteiger charge is -2.39. The Bertz CT molecular complexity index is 1390. The maximum Gasteiger partial charge on any atom is 0.407 e. The fourth-order valence-corrected chi connectivity index (χ4v) is 5.40. The molecule has 3 aromatic rings. The van der Waals surface area contributed by atoms with Gasteiger partial charge in [0.25, 0.3) is 6.43 Å². The number of carboxylic acid groups (broad SMARTS) is 1. The zero-order valence-electron chi connectivity index (χ0n) is 23.8. The van der Waals surface area contributed by atoms with Crippen LogP contribution in [0.25, 0.3) is 17.0 Å². The third-order valence-electron chi connectivity index (χ3n) is 7.47. The minimum absolute atomic E-state index is 0.0338. The fraction of sp³-hybridized carbons (Fsp3) is 0.593. The number of methoxy groups -OCH3 is 1. The lowest BCUT2D eigenvalue weighted by molar-refractivity contribution is 0.0864. The highest BCUT2D eigenvalue weighted by Crippen LogP contribution is 2.33. The molecule has 1 aromatic carbocycles. The van der Waals surface area contributed by atoms with Crippen molar-refractivity contribution in [1.82, 2.24) is 29.4 Å². The number of halogens is 2. The van der Waals surface area contributed by atoms with Gasteiger partial charge in [0.05, 0.1) is 25.8 Å². The van der Waals surface area contributed by atoms with Gasteiger partial charge in [0.1, 0.15) is 11.3 Å². The van der Waals surface area contributed by atoms with Gasteiger partial charge in [-0.05, 0) is 51.7 Å². The molecule has 41 heavy (non-hydrogen) atoms. The fourth-order valence-electron chi connectivity index (χ4n) is 5.40. The molecule has 1 unspecified atom stereocenters. The van der Waals surface area contributed by atoms with Gasteiger partial charge in [0, 0.05) is 38.3 Å². The normalized spacial score (nSPS) is 18.3. The number of hydrogen-bond donors (Lipinski definition) is 1. The molecule has 1 N–H and O–H groups in total. The Morgan fingerprint density at radius 2 is 1.78 bits per heavy atom. The highest BCUT2D eigenvalue weighted by Gasteiger charge is 2.32. The smallest absolute Gasteiger partial charge is 0.407 e. The second kappa shape index (κ2) is 11.6. The number of fused-ring (bicyclic) bond motifs is 1. The number of morpholine rings is 1. The summed E-state index contributed by atoms with van der Waals surface area (Å²) in [6.07, 6.45) is -2.19. The summed E-state index contributed by atoms with van der Waals surface area (Å²) in [6.45, 7) is 9.23. The summed E-state index contributed by atoms with van der Waals surface area (Å²) in [5, 5.41) is 9.82. The number of alkyl halides is 2. The van der Waals surface area contributed by atoms with E-state index in [0.29, 0.717) is 69.1 Å². The summed E-state index contributed by atoms with van der Waals surface area (Å²) in [5.74, 6) is 0.665. The van der Waals surface area contributed by atoms with Crippen LogP contribution in [0.5, 0.6) is 5.75 Å². The largest absolute Gasteiger partial charge is 0.494 e. The number of benzene rings is 1. The number of nitrogens with zero attached hydrogens (tertiary/aromatic N) is 8. The molecule has 0 radical (unpaired) electrons. The molecule has 2 fully saturated rings. The van der Waals surface area contributed by atoms with Gasteiger partial charge in [0.15, 0.2) is 5.82 Å². The van der Waals surface area contributed by atoms with E-state index in [4.69, 9.17) is 19.4 Å². The summed E-state index contributed by atoms with van der Waals surface area (Å²) in [4.78, 5) is 35.7. The Kier molecular flexibility index (Phi) is 8.11. The summed E-state index contributed by atoms with van der Waals surface area (Å²) >= 11 is 0. The molecule has 222 valence electrons. The summed E-state index contributed by atoms with van der Waals surface area (Å²) in [6, 6.07) is 5.05. The number of imidazole rings is 1. The molecule has 4 heterocycles. The Morgan fingerprint density at radius 3 is 2.41 bits per heavy atom. The molecule has 12 nitrogen and oxygen atoms in total. The van der Waals surface area contributed by atoms with E-state index in [1.807, 2.05) is 30.6 Å². The highest BCUT2D eigenvalue weighted by atomic mass is 19.3. The molecule has 14 heteroatoms. The minimum atomic E-state index is -2.89. The van der Waals surface area contributed by atoms with Crippen molar-refractivity contribution in [3.05, 3.63) is 24.0 Å². The van der Waals surface area contributed by atoms with Crippen LogP contribution in [0.15, 0.2) is 18.2 Å². The predicted molar refractivity (Wildman–Crippen MR) is 148 cm³/mol. The molecule has 2 saturated heterocycles. The number of piperidine rings is 1. The van der Waals surface area contributed by atoms with Gasteiger partial charge in [-0.15, -0.1) is 0 Å². The highest BCUT2D eigenvalue weighted by molar-refractivity contribution is 5.84. The second-order valence-electron chi connectivity index (χ2n) is 11.3. The van der Waals surface area contributed by atoms with Crippen molar-refractivity contribution in [1.29, 1.82) is 0 Å². The minimum Gasteiger partial charge on any atom is -0.494 e. The van der Waals surface area contributed by atoms with E-state index < -0.39 is 23.9 Å². The number of carbonyl (C=O) groups is 1. The third-order valence-corrected chi connectivity index (χ3v) is 7.47. The first-order valence-corrected chi connectivity index (χ1v) is 13.7. The van der Waals surface area contributed by atoms with E-state index in [1.54, 1.807) is 18.2 Å². The third kappa shape index (κ3) is 5.97. The lowest BCUT2D eigenvalue weighted by Crippen LogP contribution is -2.50. The van der Waals surface area contributed by atoms with Crippen LogP contribution in [0.4, 0.5) is 25.5 Å². The molecular formula is C27H36F2N8O4. The first-order valence-electron chi connectivity index (χ1n) is 13.7. The average molecular weight is 575 g/mol. The Morgan fingerprint density at radius 1 is 1.10 bits per heavy atom. The van der Waals surface area contributed by atoms with E-state index >= 15 is 0 Å². The van der Waals surface area contributed by atoms with Crippen molar-refractivity contribution in [2.24, 2.45) is 5.92 Å². The van der Waals surface area contributed by atoms with Crippen molar-refractivity contribution in [2.45, 2.75) is 45.6 Å². The molecule has 1 atom stereocenters. The van der Waals surface area contributed by atoms with E-state index in [0.717, 1.165) is 12.8 Å². The average Bonchev–Trinajstić information content (AvgIpc) is 3.36. The Labute approximate surface area is 236 Å². The van der Waals surface area contributed by atoms with E-state index in [9.17, 15) is 18.7 Å². The SMILES string of the molecule is COc1cccc2c1nc(C(F)F)n2-c1nc(N2CCOCC2)nc(N2CCCC(CN(C(=O)O)C(C)(C)C)C2)n1. The molecule has 2 aliphatic rings. The zero-order valence-corrected chi connectivity index (χ0v) is 23.8. The quantitative estimate of drug-likeness (QED) is 0.443. The standard InChI is InChI=1S/C27H36F2N8O4/c1-27(2,3)36(26(38)39)16-17-7-6-10-35(15-17)24-31-23(34-11-13-41-14-12-34)32-25(33-24)37-18-8-5-9-19(40-4)20(18)30-22(37)21(28)29/h5,8-9,17,21H,6-7,10-16H2,1-4H3,(H,38,39). The van der Waals surface area contributed by atoms with Crippen molar-refractivity contribution in [3.8, 4) is 11.7 Å². The summed E-state index contributed by atoms with van der Waals surface area (Å²) in [7, 11) is 1.46. The first-order chi connectivity index (χ1) is 19.6. The summed E-state index contributed by atoms with van der Waals surface area (Å²) in [5.41, 5.74) is 0.130. The van der Waals surface area contributed by atoms with Crippen molar-refractivity contribution < 1.29 is 28.2 Å². The zero-order chi connectivity index (χ0) is 29.3. The summed E-state index contributed by atoms with van der Waals surface area (Å²) < 4.78 is 40.8. The van der Waals surface area contributed by atoms with Crippen LogP contribution in [-0.4, -0.2) is 99.2 Å². The first kappa shape index (κ1) is 28.7. The van der Waals surface area contributed by atoms with Crippen LogP contribution < -0.4 is 14.5 Å². The molecule has 0 aliphatic carbocycles. The molecule has 0 saturated carbocycles. The van der Waals surface area contributed by atoms with E-state index in [1.165, 1.54) is 16.6 Å². The van der Waals surface area contributed by atoms with Crippen LogP contribution in [0, 0.1) is 5.92 Å². The van der Waals surface area contributed by atoms with Gasteiger partial charge in [-0.25, -0.2) is 18.6 Å². The van der Waals surface area contributed by atoms with Crippen LogP contribution in [0.2, 0.25) is 0 Å². The molecular weight excluding hydrogens is 538 g/mol. The van der Waals surface area contributed by atoms with Crippen LogP contribution in [0.3, 0.4) is 0 Å². The Balaban J connectivity index is 1.57. The molecule has 2 aliphatic heterocycles. The number of amides is 1. The maximum absolute atomic E-state index is 14.3. The number of ether oxygens (including phenoxy) is 2. The van der Waals surface area contributed by atoms with Crippen LogP contribution in [-0.2, 0) is 4.74 Å². The van der Waals surface area contributed by atoms with Gasteiger partial charge in [-0.2, -0.15) is 15.0 Å². The second-order valence-corrected chi connectivity index (χ2v) is 11.3. The topological polar surface area (TPSA) is 122 Å². The molecule has 5 rings (SSSR count). The van der Waals surface area contributed by atoms with Gasteiger partial charge < -0.3 is 29.3 Å². The number of para-hydroxylation sites is 1. The molecule has 1 amide bonds. The molecule has 2 aromatic heterocycles. The van der Waals surface area contributed by atoms with Crippen molar-refractivity contribution in [2.75, 3.05) is 62.8 Å². The van der Waals surface area contributed by atoms with Gasteiger partial charge >= 0.3 is 6.09 Å². The van der Waals surface area contributed by atoms with Gasteiger partial charge in [-0.3, -0.25) is 4.57 Å². The number of aromatic nitrogens is 5. The monoisotopic (exact) mass is 574 g/mol. The number of hydrogen-bond acceptors (Lipinski definition) is 9. The lowest BCUT2D eigenvalue weighted by atomic mass is 9.95. The van der Waals surface area contributed by atoms with E-state index in [-0.39, 0.29) is 17.4 Å². The van der Waals surface area contributed by atoms with E-state index in [2.05, 4.69) is 9.97 Å². The van der Waals surface area contributed by atoms with Crippen LogP contribution >= 0.6 is 0 Å². The maximum atomic E-state index is 14.3. The Hall–Kier alpha value is -3.81.